The minimum absolute atomic E-state index is 0.0152. The van der Waals surface area contributed by atoms with Gasteiger partial charge in [0.2, 0.25) is 0 Å². The van der Waals surface area contributed by atoms with Crippen LogP contribution < -0.4 is 9.47 Å². The van der Waals surface area contributed by atoms with E-state index in [9.17, 15) is 13.2 Å². The lowest BCUT2D eigenvalue weighted by atomic mass is 10.2. The van der Waals surface area contributed by atoms with Crippen molar-refractivity contribution in [2.75, 3.05) is 13.2 Å². The van der Waals surface area contributed by atoms with Gasteiger partial charge in [-0.1, -0.05) is 6.07 Å². The lowest BCUT2D eigenvalue weighted by Crippen LogP contribution is -2.19. The molecule has 0 aliphatic carbocycles. The predicted molar refractivity (Wildman–Crippen MR) is 55.1 cm³/mol. The first kappa shape index (κ1) is 13.6. The van der Waals surface area contributed by atoms with Gasteiger partial charge < -0.3 is 14.6 Å². The SMILES string of the molecule is CCOc1cc(CO)ccc1OCC(F)(F)F. The molecule has 96 valence electrons. The highest BCUT2D eigenvalue weighted by atomic mass is 19.4. The second-order valence-corrected chi connectivity index (χ2v) is 3.28. The fourth-order valence-corrected chi connectivity index (χ4v) is 1.20. The van der Waals surface area contributed by atoms with Crippen LogP contribution in [0.1, 0.15) is 12.5 Å². The van der Waals surface area contributed by atoms with E-state index in [-0.39, 0.29) is 18.1 Å². The van der Waals surface area contributed by atoms with E-state index in [1.54, 1.807) is 6.92 Å². The van der Waals surface area contributed by atoms with Gasteiger partial charge in [0.05, 0.1) is 13.2 Å². The summed E-state index contributed by atoms with van der Waals surface area (Å²) < 4.78 is 45.8. The molecule has 6 heteroatoms. The highest BCUT2D eigenvalue weighted by Crippen LogP contribution is 2.30. The van der Waals surface area contributed by atoms with Crippen LogP contribution in [0.4, 0.5) is 13.2 Å². The molecule has 0 heterocycles. The van der Waals surface area contributed by atoms with E-state index in [1.165, 1.54) is 18.2 Å². The Bertz CT molecular complexity index is 363. The Hall–Kier alpha value is -1.43. The molecule has 1 aromatic carbocycles. The molecule has 1 aromatic rings. The van der Waals surface area contributed by atoms with Gasteiger partial charge in [0.15, 0.2) is 18.1 Å². The number of aliphatic hydroxyl groups is 1. The van der Waals surface area contributed by atoms with Crippen molar-refractivity contribution in [3.8, 4) is 11.5 Å². The van der Waals surface area contributed by atoms with Gasteiger partial charge >= 0.3 is 6.18 Å². The van der Waals surface area contributed by atoms with Crippen molar-refractivity contribution in [3.05, 3.63) is 23.8 Å². The van der Waals surface area contributed by atoms with Crippen molar-refractivity contribution in [1.29, 1.82) is 0 Å². The van der Waals surface area contributed by atoms with E-state index in [0.29, 0.717) is 12.2 Å². The van der Waals surface area contributed by atoms with Gasteiger partial charge in [-0.3, -0.25) is 0 Å². The van der Waals surface area contributed by atoms with Crippen LogP contribution in [0, 0.1) is 0 Å². The fourth-order valence-electron chi connectivity index (χ4n) is 1.20. The first-order valence-electron chi connectivity index (χ1n) is 5.02. The number of hydrogen-bond donors (Lipinski definition) is 1. The monoisotopic (exact) mass is 250 g/mol. The molecule has 0 amide bonds. The topological polar surface area (TPSA) is 38.7 Å². The first-order valence-corrected chi connectivity index (χ1v) is 5.02. The van der Waals surface area contributed by atoms with Crippen molar-refractivity contribution >= 4 is 0 Å². The predicted octanol–water partition coefficient (Wildman–Crippen LogP) is 2.52. The van der Waals surface area contributed by atoms with E-state index < -0.39 is 12.8 Å². The quantitative estimate of drug-likeness (QED) is 0.872. The number of benzene rings is 1. The summed E-state index contributed by atoms with van der Waals surface area (Å²) in [5, 5.41) is 8.90. The highest BCUT2D eigenvalue weighted by molar-refractivity contribution is 5.42. The van der Waals surface area contributed by atoms with Crippen molar-refractivity contribution in [2.24, 2.45) is 0 Å². The molecule has 3 nitrogen and oxygen atoms in total. The summed E-state index contributed by atoms with van der Waals surface area (Å²) in [4.78, 5) is 0. The maximum atomic E-state index is 12.0. The summed E-state index contributed by atoms with van der Waals surface area (Å²) in [5.74, 6) is 0.213. The van der Waals surface area contributed by atoms with Crippen LogP contribution in [-0.4, -0.2) is 24.5 Å². The Morgan fingerprint density at radius 2 is 1.88 bits per heavy atom. The molecular weight excluding hydrogens is 237 g/mol. The average Bonchev–Trinajstić information content (AvgIpc) is 2.26. The van der Waals surface area contributed by atoms with Gasteiger partial charge in [-0.2, -0.15) is 13.2 Å². The van der Waals surface area contributed by atoms with Gasteiger partial charge in [0, 0.05) is 0 Å². The second kappa shape index (κ2) is 5.77. The maximum absolute atomic E-state index is 12.0. The zero-order valence-electron chi connectivity index (χ0n) is 9.25. The summed E-state index contributed by atoms with van der Waals surface area (Å²) in [5.41, 5.74) is 0.549. The summed E-state index contributed by atoms with van der Waals surface area (Å²) in [6.45, 7) is 0.432. The molecule has 1 rings (SSSR count). The van der Waals surface area contributed by atoms with Gasteiger partial charge in [0.1, 0.15) is 0 Å². The minimum atomic E-state index is -4.39. The molecule has 17 heavy (non-hydrogen) atoms. The standard InChI is InChI=1S/C11H13F3O3/c1-2-16-10-5-8(6-15)3-4-9(10)17-7-11(12,13)14/h3-5,15H,2,6-7H2,1H3. The molecule has 0 saturated heterocycles. The molecule has 0 saturated carbocycles. The maximum Gasteiger partial charge on any atom is 0.422 e. The van der Waals surface area contributed by atoms with Crippen molar-refractivity contribution < 1.29 is 27.8 Å². The van der Waals surface area contributed by atoms with Crippen LogP contribution in [0.15, 0.2) is 18.2 Å². The summed E-state index contributed by atoms with van der Waals surface area (Å²) in [7, 11) is 0. The van der Waals surface area contributed by atoms with Crippen LogP contribution >= 0.6 is 0 Å². The number of hydrogen-bond acceptors (Lipinski definition) is 3. The molecule has 0 atom stereocenters. The molecule has 0 bridgehead atoms. The summed E-state index contributed by atoms with van der Waals surface area (Å²) >= 11 is 0. The van der Waals surface area contributed by atoms with Crippen LogP contribution in [-0.2, 0) is 6.61 Å². The largest absolute Gasteiger partial charge is 0.490 e. The van der Waals surface area contributed by atoms with E-state index in [1.807, 2.05) is 0 Å². The molecule has 0 aliphatic rings. The Kier molecular flexibility index (Phi) is 4.62. The molecule has 0 spiro atoms. The number of aliphatic hydroxyl groups excluding tert-OH is 1. The third-order valence-electron chi connectivity index (χ3n) is 1.88. The van der Waals surface area contributed by atoms with Crippen LogP contribution in [0.5, 0.6) is 11.5 Å². The minimum Gasteiger partial charge on any atom is -0.490 e. The Morgan fingerprint density at radius 3 is 2.41 bits per heavy atom. The second-order valence-electron chi connectivity index (χ2n) is 3.28. The van der Waals surface area contributed by atoms with Gasteiger partial charge in [0.25, 0.3) is 0 Å². The molecule has 1 N–H and O–H groups in total. The lowest BCUT2D eigenvalue weighted by molar-refractivity contribution is -0.153. The highest BCUT2D eigenvalue weighted by Gasteiger charge is 2.29. The number of halogens is 3. The normalized spacial score (nSPS) is 11.4. The summed E-state index contributed by atoms with van der Waals surface area (Å²) in [6.07, 6.45) is -4.39. The summed E-state index contributed by atoms with van der Waals surface area (Å²) in [6, 6.07) is 4.28. The first-order chi connectivity index (χ1) is 7.96. The Morgan fingerprint density at radius 1 is 1.18 bits per heavy atom. The zero-order valence-corrected chi connectivity index (χ0v) is 9.25. The van der Waals surface area contributed by atoms with Crippen LogP contribution in [0.3, 0.4) is 0 Å². The Labute approximate surface area is 96.8 Å². The smallest absolute Gasteiger partial charge is 0.422 e. The molecular formula is C11H13F3O3. The van der Waals surface area contributed by atoms with E-state index in [0.717, 1.165) is 0 Å². The number of ether oxygens (including phenoxy) is 2. The van der Waals surface area contributed by atoms with E-state index in [2.05, 4.69) is 4.74 Å². The lowest BCUT2D eigenvalue weighted by Gasteiger charge is -2.14. The van der Waals surface area contributed by atoms with Gasteiger partial charge in [-0.15, -0.1) is 0 Å². The third kappa shape index (κ3) is 4.52. The molecule has 0 unspecified atom stereocenters. The molecule has 0 aromatic heterocycles. The van der Waals surface area contributed by atoms with Crippen LogP contribution in [0.25, 0.3) is 0 Å². The van der Waals surface area contributed by atoms with E-state index in [4.69, 9.17) is 9.84 Å². The zero-order chi connectivity index (χ0) is 12.9. The Balaban J connectivity index is 2.82. The van der Waals surface area contributed by atoms with Crippen molar-refractivity contribution in [1.82, 2.24) is 0 Å². The fraction of sp³-hybridized carbons (Fsp3) is 0.455. The van der Waals surface area contributed by atoms with Gasteiger partial charge in [-0.25, -0.2) is 0 Å². The van der Waals surface area contributed by atoms with Crippen LogP contribution in [0.2, 0.25) is 0 Å². The molecule has 0 radical (unpaired) electrons. The third-order valence-corrected chi connectivity index (χ3v) is 1.88. The molecule has 0 fully saturated rings. The average molecular weight is 250 g/mol. The molecule has 0 aliphatic heterocycles. The number of rotatable bonds is 5. The number of alkyl halides is 3. The van der Waals surface area contributed by atoms with Crippen molar-refractivity contribution in [3.63, 3.8) is 0 Å². The van der Waals surface area contributed by atoms with E-state index >= 15 is 0 Å². The van der Waals surface area contributed by atoms with Gasteiger partial charge in [-0.05, 0) is 24.6 Å². The van der Waals surface area contributed by atoms with Crippen molar-refractivity contribution in [2.45, 2.75) is 19.7 Å².